The van der Waals surface area contributed by atoms with Crippen molar-refractivity contribution in [3.05, 3.63) is 0 Å². The van der Waals surface area contributed by atoms with Crippen molar-refractivity contribution in [2.75, 3.05) is 19.8 Å². The molecule has 0 radical (unpaired) electrons. The zero-order valence-electron chi connectivity index (χ0n) is 10.0. The lowest BCUT2D eigenvalue weighted by Crippen LogP contribution is -2.41. The molecule has 4 heteroatoms. The van der Waals surface area contributed by atoms with Crippen LogP contribution in [-0.4, -0.2) is 34.8 Å². The van der Waals surface area contributed by atoms with Crippen molar-refractivity contribution in [2.24, 2.45) is 0 Å². The zero-order chi connectivity index (χ0) is 10.9. The van der Waals surface area contributed by atoms with E-state index in [-0.39, 0.29) is 5.73 Å². The van der Waals surface area contributed by atoms with Crippen LogP contribution in [0.25, 0.3) is 0 Å². The average molecular weight is 232 g/mol. The predicted molar refractivity (Wildman–Crippen MR) is 63.2 cm³/mol. The molecular weight excluding hydrogens is 208 g/mol. The first kappa shape index (κ1) is 13.2. The van der Waals surface area contributed by atoms with Crippen molar-refractivity contribution in [1.82, 2.24) is 0 Å². The van der Waals surface area contributed by atoms with Gasteiger partial charge in [-0.05, 0) is 32.1 Å². The van der Waals surface area contributed by atoms with Gasteiger partial charge in [0.05, 0.1) is 5.73 Å². The van der Waals surface area contributed by atoms with Gasteiger partial charge in [0.1, 0.15) is 0 Å². The van der Waals surface area contributed by atoms with E-state index in [2.05, 4.69) is 13.8 Å². The highest BCUT2D eigenvalue weighted by atomic mass is 28.3. The Balaban J connectivity index is 2.30. The molecule has 1 aliphatic rings. The Hall–Kier alpha value is 0.0969. The standard InChI is InChI=1S/C11H24O3Si/c1-3-8-13-15(14-9-4-2)11-7-5-6-10-12-11/h11,15H,3-10H2,1-2H3. The van der Waals surface area contributed by atoms with E-state index in [0.717, 1.165) is 39.1 Å². The van der Waals surface area contributed by atoms with E-state index in [1.165, 1.54) is 12.8 Å². The second-order valence-electron chi connectivity index (χ2n) is 4.01. The third-order valence-electron chi connectivity index (χ3n) is 2.49. The molecule has 0 bridgehead atoms. The fraction of sp³-hybridized carbons (Fsp3) is 1.00. The highest BCUT2D eigenvalue weighted by Gasteiger charge is 2.28. The highest BCUT2D eigenvalue weighted by molar-refractivity contribution is 6.46. The molecular formula is C11H24O3Si. The Morgan fingerprint density at radius 3 is 2.27 bits per heavy atom. The van der Waals surface area contributed by atoms with Crippen LogP contribution >= 0.6 is 0 Å². The number of rotatable bonds is 7. The van der Waals surface area contributed by atoms with Gasteiger partial charge in [-0.3, -0.25) is 0 Å². The molecule has 15 heavy (non-hydrogen) atoms. The first-order chi connectivity index (χ1) is 7.38. The van der Waals surface area contributed by atoms with E-state index in [1.807, 2.05) is 0 Å². The largest absolute Gasteiger partial charge is 0.395 e. The third kappa shape index (κ3) is 5.11. The maximum atomic E-state index is 5.82. The Morgan fingerprint density at radius 2 is 1.80 bits per heavy atom. The van der Waals surface area contributed by atoms with Crippen LogP contribution in [0.5, 0.6) is 0 Å². The van der Waals surface area contributed by atoms with Crippen LogP contribution in [0.3, 0.4) is 0 Å². The average Bonchev–Trinajstić information content (AvgIpc) is 2.30. The van der Waals surface area contributed by atoms with Crippen molar-refractivity contribution in [3.63, 3.8) is 0 Å². The summed E-state index contributed by atoms with van der Waals surface area (Å²) in [4.78, 5) is 0. The summed E-state index contributed by atoms with van der Waals surface area (Å²) in [7, 11) is -1.57. The van der Waals surface area contributed by atoms with E-state index >= 15 is 0 Å². The van der Waals surface area contributed by atoms with Gasteiger partial charge in [-0.1, -0.05) is 13.8 Å². The molecule has 1 fully saturated rings. The number of hydrogen-bond acceptors (Lipinski definition) is 3. The van der Waals surface area contributed by atoms with E-state index in [4.69, 9.17) is 13.6 Å². The molecule has 0 N–H and O–H groups in total. The van der Waals surface area contributed by atoms with Crippen molar-refractivity contribution in [1.29, 1.82) is 0 Å². The molecule has 1 unspecified atom stereocenters. The normalized spacial score (nSPS) is 22.2. The summed E-state index contributed by atoms with van der Waals surface area (Å²) in [5.41, 5.74) is 0.289. The van der Waals surface area contributed by atoms with Crippen LogP contribution in [0.4, 0.5) is 0 Å². The molecule has 0 aromatic heterocycles. The summed E-state index contributed by atoms with van der Waals surface area (Å²) in [6, 6.07) is 0. The minimum atomic E-state index is -1.57. The fourth-order valence-electron chi connectivity index (χ4n) is 1.71. The van der Waals surface area contributed by atoms with Crippen molar-refractivity contribution in [3.8, 4) is 0 Å². The van der Waals surface area contributed by atoms with Gasteiger partial charge in [-0.15, -0.1) is 0 Å². The molecule has 90 valence electrons. The summed E-state index contributed by atoms with van der Waals surface area (Å²) in [6.07, 6.45) is 5.71. The quantitative estimate of drug-likeness (QED) is 0.630. The molecule has 1 rings (SSSR count). The maximum Gasteiger partial charge on any atom is 0.351 e. The third-order valence-corrected chi connectivity index (χ3v) is 4.75. The Morgan fingerprint density at radius 1 is 1.13 bits per heavy atom. The number of hydrogen-bond donors (Lipinski definition) is 0. The highest BCUT2D eigenvalue weighted by Crippen LogP contribution is 2.16. The van der Waals surface area contributed by atoms with Gasteiger partial charge in [0, 0.05) is 19.8 Å². The Bertz CT molecular complexity index is 141. The SMILES string of the molecule is CCCO[SiH](OCCC)C1CCCCO1. The van der Waals surface area contributed by atoms with E-state index < -0.39 is 9.28 Å². The van der Waals surface area contributed by atoms with Gasteiger partial charge in [-0.25, -0.2) is 0 Å². The molecule has 0 aromatic carbocycles. The Labute approximate surface area is 94.9 Å². The van der Waals surface area contributed by atoms with Crippen molar-refractivity contribution >= 4 is 9.28 Å². The topological polar surface area (TPSA) is 27.7 Å². The molecule has 0 aromatic rings. The van der Waals surface area contributed by atoms with Gasteiger partial charge < -0.3 is 13.6 Å². The molecule has 0 aliphatic carbocycles. The molecule has 0 spiro atoms. The van der Waals surface area contributed by atoms with Gasteiger partial charge in [-0.2, -0.15) is 0 Å². The van der Waals surface area contributed by atoms with Crippen LogP contribution in [0, 0.1) is 0 Å². The lowest BCUT2D eigenvalue weighted by Gasteiger charge is -2.28. The second-order valence-corrected chi connectivity index (χ2v) is 6.16. The van der Waals surface area contributed by atoms with Crippen LogP contribution in [0.15, 0.2) is 0 Å². The van der Waals surface area contributed by atoms with Crippen LogP contribution < -0.4 is 0 Å². The van der Waals surface area contributed by atoms with Gasteiger partial charge in [0.15, 0.2) is 0 Å². The van der Waals surface area contributed by atoms with Gasteiger partial charge >= 0.3 is 9.28 Å². The summed E-state index contributed by atoms with van der Waals surface area (Å²) < 4.78 is 17.4. The van der Waals surface area contributed by atoms with Gasteiger partial charge in [0.2, 0.25) is 0 Å². The molecule has 0 amide bonds. The monoisotopic (exact) mass is 232 g/mol. The first-order valence-electron chi connectivity index (χ1n) is 6.23. The summed E-state index contributed by atoms with van der Waals surface area (Å²) >= 11 is 0. The minimum Gasteiger partial charge on any atom is -0.395 e. The van der Waals surface area contributed by atoms with Crippen LogP contribution in [0.1, 0.15) is 46.0 Å². The van der Waals surface area contributed by atoms with E-state index in [9.17, 15) is 0 Å². The van der Waals surface area contributed by atoms with E-state index in [1.54, 1.807) is 0 Å². The zero-order valence-corrected chi connectivity index (χ0v) is 11.2. The van der Waals surface area contributed by atoms with Crippen LogP contribution in [-0.2, 0) is 13.6 Å². The van der Waals surface area contributed by atoms with Crippen molar-refractivity contribution in [2.45, 2.75) is 51.7 Å². The van der Waals surface area contributed by atoms with E-state index in [0.29, 0.717) is 0 Å². The lowest BCUT2D eigenvalue weighted by atomic mass is 10.2. The minimum absolute atomic E-state index is 0.289. The molecule has 3 nitrogen and oxygen atoms in total. The first-order valence-corrected chi connectivity index (χ1v) is 7.84. The predicted octanol–water partition coefficient (Wildman–Crippen LogP) is 2.17. The van der Waals surface area contributed by atoms with Crippen LogP contribution in [0.2, 0.25) is 0 Å². The lowest BCUT2D eigenvalue weighted by molar-refractivity contribution is 0.0279. The second kappa shape index (κ2) is 8.27. The Kier molecular flexibility index (Phi) is 7.26. The smallest absolute Gasteiger partial charge is 0.351 e. The summed E-state index contributed by atoms with van der Waals surface area (Å²) in [5.74, 6) is 0. The molecule has 1 heterocycles. The van der Waals surface area contributed by atoms with Crippen molar-refractivity contribution < 1.29 is 13.6 Å². The molecule has 1 atom stereocenters. The summed E-state index contributed by atoms with van der Waals surface area (Å²) in [5, 5.41) is 0. The molecule has 1 saturated heterocycles. The molecule has 0 saturated carbocycles. The molecule has 1 aliphatic heterocycles. The number of ether oxygens (including phenoxy) is 1. The fourth-order valence-corrected chi connectivity index (χ4v) is 3.97. The summed E-state index contributed by atoms with van der Waals surface area (Å²) in [6.45, 7) is 6.79. The maximum absolute atomic E-state index is 5.82. The van der Waals surface area contributed by atoms with Gasteiger partial charge in [0.25, 0.3) is 0 Å².